The monoisotopic (exact) mass is 333 g/mol. The Balaban J connectivity index is 0.00000400. The molecule has 118 valence electrons. The molecule has 0 bridgehead atoms. The Labute approximate surface area is 135 Å². The number of primary amides is 1. The van der Waals surface area contributed by atoms with Crippen LogP contribution in [0.3, 0.4) is 0 Å². The van der Waals surface area contributed by atoms with Crippen molar-refractivity contribution in [1.29, 1.82) is 0 Å². The van der Waals surface area contributed by atoms with Crippen LogP contribution in [0.4, 0.5) is 0 Å². The van der Waals surface area contributed by atoms with Crippen molar-refractivity contribution in [3.05, 3.63) is 34.9 Å². The van der Waals surface area contributed by atoms with Crippen molar-refractivity contribution in [3.63, 3.8) is 0 Å². The lowest BCUT2D eigenvalue weighted by Crippen LogP contribution is -2.32. The molecule has 0 aliphatic carbocycles. The van der Waals surface area contributed by atoms with Crippen LogP contribution < -0.4 is 16.8 Å². The topological polar surface area (TPSA) is 98.2 Å². The number of carbonyl (C=O) groups excluding carboxylic acids is 2. The fourth-order valence-corrected chi connectivity index (χ4v) is 2.00. The zero-order valence-electron chi connectivity index (χ0n) is 11.8. The fraction of sp³-hybridized carbons (Fsp3) is 0.429. The van der Waals surface area contributed by atoms with Gasteiger partial charge in [-0.3, -0.25) is 9.59 Å². The molecule has 0 saturated carbocycles. The van der Waals surface area contributed by atoms with E-state index in [1.165, 1.54) is 0 Å². The van der Waals surface area contributed by atoms with Gasteiger partial charge in [0.1, 0.15) is 0 Å². The second-order valence-corrected chi connectivity index (χ2v) is 5.30. The average molecular weight is 334 g/mol. The van der Waals surface area contributed by atoms with E-state index in [0.717, 1.165) is 5.56 Å². The Morgan fingerprint density at radius 2 is 2.05 bits per heavy atom. The van der Waals surface area contributed by atoms with Crippen LogP contribution >= 0.6 is 24.0 Å². The highest BCUT2D eigenvalue weighted by Gasteiger charge is 2.17. The van der Waals surface area contributed by atoms with Crippen molar-refractivity contribution in [1.82, 2.24) is 5.32 Å². The molecule has 7 heteroatoms. The predicted molar refractivity (Wildman–Crippen MR) is 86.3 cm³/mol. The summed E-state index contributed by atoms with van der Waals surface area (Å²) in [7, 11) is 0. The number of benzene rings is 1. The van der Waals surface area contributed by atoms with E-state index in [-0.39, 0.29) is 30.8 Å². The lowest BCUT2D eigenvalue weighted by Gasteiger charge is -2.18. The SMILES string of the molecule is CC(N)CCC(=O)N[C@H](CC(N)=O)c1cccc(Cl)c1.Cl. The van der Waals surface area contributed by atoms with Gasteiger partial charge < -0.3 is 16.8 Å². The van der Waals surface area contributed by atoms with Gasteiger partial charge in [-0.2, -0.15) is 0 Å². The van der Waals surface area contributed by atoms with Gasteiger partial charge in [0.15, 0.2) is 0 Å². The average Bonchev–Trinajstić information content (AvgIpc) is 2.35. The lowest BCUT2D eigenvalue weighted by atomic mass is 10.0. The van der Waals surface area contributed by atoms with Gasteiger partial charge in [-0.15, -0.1) is 12.4 Å². The summed E-state index contributed by atoms with van der Waals surface area (Å²) < 4.78 is 0. The summed E-state index contributed by atoms with van der Waals surface area (Å²) in [5.41, 5.74) is 11.6. The maximum atomic E-state index is 11.8. The molecule has 1 aromatic carbocycles. The Kier molecular flexibility index (Phi) is 9.01. The molecule has 1 unspecified atom stereocenters. The van der Waals surface area contributed by atoms with Gasteiger partial charge in [-0.05, 0) is 31.0 Å². The summed E-state index contributed by atoms with van der Waals surface area (Å²) in [5, 5.41) is 3.34. The minimum atomic E-state index is -0.484. The summed E-state index contributed by atoms with van der Waals surface area (Å²) >= 11 is 5.92. The molecule has 0 fully saturated rings. The maximum Gasteiger partial charge on any atom is 0.220 e. The Bertz CT molecular complexity index is 481. The van der Waals surface area contributed by atoms with Crippen LogP contribution in [0, 0.1) is 0 Å². The molecular formula is C14H21Cl2N3O2. The summed E-state index contributed by atoms with van der Waals surface area (Å²) in [6.45, 7) is 1.84. The quantitative estimate of drug-likeness (QED) is 0.710. The standard InChI is InChI=1S/C14H20ClN3O2.ClH/c1-9(16)5-6-14(20)18-12(8-13(17)19)10-3-2-4-11(15)7-10;/h2-4,7,9,12H,5-6,8,16H2,1H3,(H2,17,19)(H,18,20);1H/t9?,12-;/m1./s1. The third-order valence-corrected chi connectivity index (χ3v) is 3.05. The molecule has 1 rings (SSSR count). The number of nitrogens with one attached hydrogen (secondary N) is 1. The minimum absolute atomic E-state index is 0. The highest BCUT2D eigenvalue weighted by Crippen LogP contribution is 2.20. The number of rotatable bonds is 7. The molecule has 0 saturated heterocycles. The van der Waals surface area contributed by atoms with Gasteiger partial charge in [0.05, 0.1) is 12.5 Å². The van der Waals surface area contributed by atoms with E-state index in [2.05, 4.69) is 5.32 Å². The molecule has 0 spiro atoms. The molecule has 0 aromatic heterocycles. The molecule has 21 heavy (non-hydrogen) atoms. The van der Waals surface area contributed by atoms with E-state index in [0.29, 0.717) is 17.9 Å². The van der Waals surface area contributed by atoms with E-state index in [1.54, 1.807) is 24.3 Å². The maximum absolute atomic E-state index is 11.8. The normalized spacial score (nSPS) is 12.9. The van der Waals surface area contributed by atoms with E-state index in [4.69, 9.17) is 23.1 Å². The van der Waals surface area contributed by atoms with Crippen molar-refractivity contribution in [2.45, 2.75) is 38.3 Å². The largest absolute Gasteiger partial charge is 0.370 e. The summed E-state index contributed by atoms with van der Waals surface area (Å²) in [6, 6.07) is 6.49. The van der Waals surface area contributed by atoms with E-state index >= 15 is 0 Å². The smallest absolute Gasteiger partial charge is 0.220 e. The Morgan fingerprint density at radius 3 is 2.57 bits per heavy atom. The van der Waals surface area contributed by atoms with Crippen LogP contribution in [0.1, 0.15) is 37.8 Å². The molecule has 5 N–H and O–H groups in total. The number of amides is 2. The van der Waals surface area contributed by atoms with E-state index in [1.807, 2.05) is 6.92 Å². The van der Waals surface area contributed by atoms with Gasteiger partial charge in [0.2, 0.25) is 11.8 Å². The van der Waals surface area contributed by atoms with Crippen molar-refractivity contribution in [2.75, 3.05) is 0 Å². The summed E-state index contributed by atoms with van der Waals surface area (Å²) in [5.74, 6) is -0.643. The number of hydrogen-bond acceptors (Lipinski definition) is 3. The number of halogens is 2. The van der Waals surface area contributed by atoms with Crippen molar-refractivity contribution < 1.29 is 9.59 Å². The molecular weight excluding hydrogens is 313 g/mol. The Morgan fingerprint density at radius 1 is 1.38 bits per heavy atom. The van der Waals surface area contributed by atoms with Crippen LogP contribution in [0.25, 0.3) is 0 Å². The van der Waals surface area contributed by atoms with Crippen molar-refractivity contribution >= 4 is 35.8 Å². The Hall–Kier alpha value is -1.30. The molecule has 1 aromatic rings. The van der Waals surface area contributed by atoms with Crippen LogP contribution in [-0.2, 0) is 9.59 Å². The first kappa shape index (κ1) is 19.7. The third kappa shape index (κ3) is 7.90. The zero-order chi connectivity index (χ0) is 15.1. The number of carbonyl (C=O) groups is 2. The van der Waals surface area contributed by atoms with Gasteiger partial charge in [0.25, 0.3) is 0 Å². The lowest BCUT2D eigenvalue weighted by molar-refractivity contribution is -0.122. The summed E-state index contributed by atoms with van der Waals surface area (Å²) in [6.07, 6.45) is 0.933. The van der Waals surface area contributed by atoms with Crippen molar-refractivity contribution in [2.24, 2.45) is 11.5 Å². The van der Waals surface area contributed by atoms with Crippen LogP contribution in [0.5, 0.6) is 0 Å². The molecule has 2 atom stereocenters. The number of nitrogens with two attached hydrogens (primary N) is 2. The third-order valence-electron chi connectivity index (χ3n) is 2.82. The summed E-state index contributed by atoms with van der Waals surface area (Å²) in [4.78, 5) is 23.0. The molecule has 0 aliphatic heterocycles. The minimum Gasteiger partial charge on any atom is -0.370 e. The van der Waals surface area contributed by atoms with E-state index < -0.39 is 11.9 Å². The highest BCUT2D eigenvalue weighted by atomic mass is 35.5. The highest BCUT2D eigenvalue weighted by molar-refractivity contribution is 6.30. The fourth-order valence-electron chi connectivity index (χ4n) is 1.80. The second-order valence-electron chi connectivity index (χ2n) is 4.86. The zero-order valence-corrected chi connectivity index (χ0v) is 13.4. The van der Waals surface area contributed by atoms with Gasteiger partial charge in [-0.1, -0.05) is 23.7 Å². The molecule has 2 amide bonds. The first-order chi connectivity index (χ1) is 9.38. The first-order valence-corrected chi connectivity index (χ1v) is 6.85. The number of hydrogen-bond donors (Lipinski definition) is 3. The molecule has 0 heterocycles. The van der Waals surface area contributed by atoms with Gasteiger partial charge in [-0.25, -0.2) is 0 Å². The molecule has 5 nitrogen and oxygen atoms in total. The van der Waals surface area contributed by atoms with Gasteiger partial charge in [0, 0.05) is 17.5 Å². The first-order valence-electron chi connectivity index (χ1n) is 6.47. The van der Waals surface area contributed by atoms with Gasteiger partial charge >= 0.3 is 0 Å². The predicted octanol–water partition coefficient (Wildman–Crippen LogP) is 1.92. The van der Waals surface area contributed by atoms with Crippen molar-refractivity contribution in [3.8, 4) is 0 Å². The van der Waals surface area contributed by atoms with Crippen LogP contribution in [0.15, 0.2) is 24.3 Å². The molecule has 0 aliphatic rings. The second kappa shape index (κ2) is 9.60. The molecule has 0 radical (unpaired) electrons. The van der Waals surface area contributed by atoms with Crippen LogP contribution in [-0.4, -0.2) is 17.9 Å². The van der Waals surface area contributed by atoms with E-state index in [9.17, 15) is 9.59 Å². The van der Waals surface area contributed by atoms with Crippen LogP contribution in [0.2, 0.25) is 5.02 Å².